The van der Waals surface area contributed by atoms with Gasteiger partial charge in [0.05, 0.1) is 6.61 Å². The van der Waals surface area contributed by atoms with Gasteiger partial charge in [0.2, 0.25) is 0 Å². The summed E-state index contributed by atoms with van der Waals surface area (Å²) in [5.74, 6) is 1.04. The molecular weight excluding hydrogens is 304 g/mol. The molecule has 1 aliphatic heterocycles. The Morgan fingerprint density at radius 2 is 2.18 bits per heavy atom. The number of ether oxygens (including phenoxy) is 1. The van der Waals surface area contributed by atoms with Crippen molar-refractivity contribution in [1.29, 1.82) is 0 Å². The summed E-state index contributed by atoms with van der Waals surface area (Å²) in [4.78, 5) is 28.1. The molecule has 6 nitrogen and oxygen atoms in total. The Balaban J connectivity index is 2.36. The fourth-order valence-electron chi connectivity index (χ4n) is 2.84. The van der Waals surface area contributed by atoms with E-state index in [2.05, 4.69) is 4.98 Å². The van der Waals surface area contributed by atoms with Crippen LogP contribution in [0, 0.1) is 0 Å². The molecule has 1 aliphatic rings. The van der Waals surface area contributed by atoms with E-state index in [4.69, 9.17) is 4.74 Å². The molecular formula is C15H18N2O4S. The minimum Gasteiger partial charge on any atom is -0.492 e. The third kappa shape index (κ3) is 2.25. The summed E-state index contributed by atoms with van der Waals surface area (Å²) in [6, 6.07) is 0. The molecule has 3 heterocycles. The molecule has 2 aromatic heterocycles. The van der Waals surface area contributed by atoms with Gasteiger partial charge in [0, 0.05) is 21.9 Å². The zero-order valence-electron chi connectivity index (χ0n) is 12.7. The zero-order chi connectivity index (χ0) is 16.1. The number of H-pyrrole nitrogens is 1. The monoisotopic (exact) mass is 322 g/mol. The minimum atomic E-state index is -1.08. The van der Waals surface area contributed by atoms with E-state index in [1.807, 2.05) is 5.38 Å². The standard InChI is InChI=1S/C15H18N2O4S/c1-15(2,3)17(14(19)20)12-8-5-4-6-21-9-7-22-11(10(8)9)13(18)16-12/h7H,4-6H2,1-3H3,(H,16,18)(H,19,20). The molecule has 0 spiro atoms. The number of aryl methyl sites for hydroxylation is 1. The van der Waals surface area contributed by atoms with Crippen molar-refractivity contribution in [3.8, 4) is 5.75 Å². The Labute approximate surface area is 131 Å². The second-order valence-electron chi connectivity index (χ2n) is 6.33. The van der Waals surface area contributed by atoms with Crippen molar-refractivity contribution in [2.75, 3.05) is 11.5 Å². The predicted octanol–water partition coefficient (Wildman–Crippen LogP) is 3.20. The molecule has 0 aromatic carbocycles. The molecule has 118 valence electrons. The largest absolute Gasteiger partial charge is 0.492 e. The number of pyridine rings is 1. The molecule has 22 heavy (non-hydrogen) atoms. The van der Waals surface area contributed by atoms with Gasteiger partial charge in [-0.2, -0.15) is 0 Å². The van der Waals surface area contributed by atoms with Crippen molar-refractivity contribution in [3.05, 3.63) is 21.3 Å². The number of rotatable bonds is 1. The van der Waals surface area contributed by atoms with Crippen LogP contribution in [0.4, 0.5) is 10.6 Å². The van der Waals surface area contributed by atoms with Crippen LogP contribution in [0.25, 0.3) is 10.1 Å². The first-order valence-electron chi connectivity index (χ1n) is 7.13. The highest BCUT2D eigenvalue weighted by molar-refractivity contribution is 7.17. The van der Waals surface area contributed by atoms with Gasteiger partial charge in [-0.25, -0.2) is 4.79 Å². The average Bonchev–Trinajstić information content (AvgIpc) is 2.69. The lowest BCUT2D eigenvalue weighted by Gasteiger charge is -2.34. The van der Waals surface area contributed by atoms with Crippen LogP contribution in [0.5, 0.6) is 5.75 Å². The molecule has 0 atom stereocenters. The summed E-state index contributed by atoms with van der Waals surface area (Å²) < 4.78 is 6.28. The van der Waals surface area contributed by atoms with E-state index >= 15 is 0 Å². The number of aromatic amines is 1. The quantitative estimate of drug-likeness (QED) is 0.844. The Morgan fingerprint density at radius 3 is 2.82 bits per heavy atom. The number of hydrogen-bond donors (Lipinski definition) is 2. The zero-order valence-corrected chi connectivity index (χ0v) is 13.5. The van der Waals surface area contributed by atoms with Gasteiger partial charge in [-0.05, 0) is 33.6 Å². The normalized spacial score (nSPS) is 14.5. The highest BCUT2D eigenvalue weighted by Crippen LogP contribution is 2.39. The molecule has 2 N–H and O–H groups in total. The number of nitrogens with one attached hydrogen (secondary N) is 1. The molecule has 0 aliphatic carbocycles. The van der Waals surface area contributed by atoms with Crippen molar-refractivity contribution in [1.82, 2.24) is 4.98 Å². The minimum absolute atomic E-state index is 0.272. The average molecular weight is 322 g/mol. The Kier molecular flexibility index (Phi) is 3.40. The molecule has 1 amide bonds. The molecule has 0 fully saturated rings. The van der Waals surface area contributed by atoms with Crippen LogP contribution < -0.4 is 15.2 Å². The maximum absolute atomic E-state index is 12.4. The van der Waals surface area contributed by atoms with Gasteiger partial charge in [0.25, 0.3) is 5.56 Å². The van der Waals surface area contributed by atoms with Gasteiger partial charge in [0.15, 0.2) is 0 Å². The first kappa shape index (κ1) is 14.9. The van der Waals surface area contributed by atoms with Gasteiger partial charge < -0.3 is 14.8 Å². The van der Waals surface area contributed by atoms with Crippen LogP contribution in [-0.2, 0) is 6.42 Å². The lowest BCUT2D eigenvalue weighted by atomic mass is 10.0. The third-order valence-electron chi connectivity index (χ3n) is 3.70. The molecule has 0 saturated carbocycles. The SMILES string of the molecule is CC(C)(C)N(C(=O)O)c1[nH]c(=O)c2scc3c2c1CCCO3. The maximum Gasteiger partial charge on any atom is 0.413 e. The van der Waals surface area contributed by atoms with Gasteiger partial charge >= 0.3 is 6.09 Å². The molecule has 0 radical (unpaired) electrons. The molecule has 0 unspecified atom stereocenters. The highest BCUT2D eigenvalue weighted by atomic mass is 32.1. The summed E-state index contributed by atoms with van der Waals surface area (Å²) in [5.41, 5.74) is -0.0888. The summed E-state index contributed by atoms with van der Waals surface area (Å²) in [6.45, 7) is 5.98. The fourth-order valence-corrected chi connectivity index (χ4v) is 3.75. The van der Waals surface area contributed by atoms with Crippen molar-refractivity contribution >= 4 is 33.3 Å². The number of anilines is 1. The second kappa shape index (κ2) is 5.01. The topological polar surface area (TPSA) is 82.6 Å². The van der Waals surface area contributed by atoms with E-state index in [9.17, 15) is 14.7 Å². The third-order valence-corrected chi connectivity index (χ3v) is 4.65. The van der Waals surface area contributed by atoms with E-state index in [-0.39, 0.29) is 5.56 Å². The van der Waals surface area contributed by atoms with E-state index in [0.29, 0.717) is 29.3 Å². The lowest BCUT2D eigenvalue weighted by Crippen LogP contribution is -2.46. The number of nitrogens with zero attached hydrogens (tertiary/aromatic N) is 1. The summed E-state index contributed by atoms with van der Waals surface area (Å²) in [6.07, 6.45) is 0.373. The molecule has 7 heteroatoms. The predicted molar refractivity (Wildman–Crippen MR) is 86.5 cm³/mol. The van der Waals surface area contributed by atoms with E-state index in [1.165, 1.54) is 16.2 Å². The number of hydrogen-bond acceptors (Lipinski definition) is 4. The summed E-state index contributed by atoms with van der Waals surface area (Å²) in [7, 11) is 0. The Hall–Kier alpha value is -2.02. The van der Waals surface area contributed by atoms with Gasteiger partial charge in [-0.1, -0.05) is 0 Å². The van der Waals surface area contributed by atoms with E-state index in [1.54, 1.807) is 20.8 Å². The van der Waals surface area contributed by atoms with Crippen LogP contribution in [0.1, 0.15) is 32.8 Å². The molecule has 0 saturated heterocycles. The molecule has 0 bridgehead atoms. The van der Waals surface area contributed by atoms with Crippen LogP contribution in [0.3, 0.4) is 0 Å². The van der Waals surface area contributed by atoms with Crippen molar-refractivity contribution in [2.24, 2.45) is 0 Å². The number of aromatic nitrogens is 1. The van der Waals surface area contributed by atoms with Crippen LogP contribution in [0.15, 0.2) is 10.2 Å². The van der Waals surface area contributed by atoms with Gasteiger partial charge in [-0.3, -0.25) is 9.69 Å². The number of carboxylic acid groups (broad SMARTS) is 1. The Bertz CT molecular complexity index is 800. The van der Waals surface area contributed by atoms with Gasteiger partial charge in [-0.15, -0.1) is 11.3 Å². The first-order chi connectivity index (χ1) is 10.3. The van der Waals surface area contributed by atoms with E-state index < -0.39 is 11.6 Å². The molecule has 2 aromatic rings. The van der Waals surface area contributed by atoms with Crippen LogP contribution >= 0.6 is 11.3 Å². The fraction of sp³-hybridized carbons (Fsp3) is 0.467. The Morgan fingerprint density at radius 1 is 1.45 bits per heavy atom. The van der Waals surface area contributed by atoms with Crippen molar-refractivity contribution in [3.63, 3.8) is 0 Å². The lowest BCUT2D eigenvalue weighted by molar-refractivity contribution is 0.195. The van der Waals surface area contributed by atoms with Crippen molar-refractivity contribution < 1.29 is 14.6 Å². The highest BCUT2D eigenvalue weighted by Gasteiger charge is 2.32. The molecule has 3 rings (SSSR count). The number of thiophene rings is 1. The number of amides is 1. The first-order valence-corrected chi connectivity index (χ1v) is 8.01. The summed E-state index contributed by atoms with van der Waals surface area (Å²) >= 11 is 1.33. The second-order valence-corrected chi connectivity index (χ2v) is 7.21. The van der Waals surface area contributed by atoms with Crippen LogP contribution in [-0.4, -0.2) is 28.3 Å². The number of carbonyl (C=O) groups is 1. The van der Waals surface area contributed by atoms with E-state index in [0.717, 1.165) is 17.4 Å². The van der Waals surface area contributed by atoms with Crippen molar-refractivity contribution in [2.45, 2.75) is 39.2 Å². The summed E-state index contributed by atoms with van der Waals surface area (Å²) in [5, 5.41) is 12.2. The maximum atomic E-state index is 12.4. The van der Waals surface area contributed by atoms with Crippen LogP contribution in [0.2, 0.25) is 0 Å². The smallest absolute Gasteiger partial charge is 0.413 e. The van der Waals surface area contributed by atoms with Gasteiger partial charge in [0.1, 0.15) is 16.3 Å².